The maximum absolute atomic E-state index is 12.9. The molecule has 6 heteroatoms. The highest BCUT2D eigenvalue weighted by atomic mass is 19.4. The number of hydrogen-bond acceptors (Lipinski definition) is 2. The molecule has 2 rings (SSSR count). The summed E-state index contributed by atoms with van der Waals surface area (Å²) in [6.45, 7) is 7.55. The van der Waals surface area contributed by atoms with Crippen molar-refractivity contribution in [1.82, 2.24) is 0 Å². The largest absolute Gasteiger partial charge is 0.478 e. The summed E-state index contributed by atoms with van der Waals surface area (Å²) in [4.78, 5) is 11.0. The van der Waals surface area contributed by atoms with Gasteiger partial charge in [-0.25, -0.2) is 4.79 Å². The lowest BCUT2D eigenvalue weighted by molar-refractivity contribution is -0.187. The molecule has 0 radical (unpaired) electrons. The van der Waals surface area contributed by atoms with Gasteiger partial charge >= 0.3 is 12.1 Å². The van der Waals surface area contributed by atoms with Gasteiger partial charge in [-0.3, -0.25) is 0 Å². The summed E-state index contributed by atoms with van der Waals surface area (Å²) in [6.07, 6.45) is -5.45. The monoisotopic (exact) mass is 316 g/mol. The van der Waals surface area contributed by atoms with E-state index in [0.29, 0.717) is 17.5 Å². The normalized spacial score (nSPS) is 16.7. The number of carboxylic acid groups (broad SMARTS) is 1. The zero-order chi connectivity index (χ0) is 17.1. The second-order valence-corrected chi connectivity index (χ2v) is 4.63. The van der Waals surface area contributed by atoms with Crippen LogP contribution in [-0.2, 0) is 11.2 Å². The molecule has 0 saturated carbocycles. The predicted octanol–water partition coefficient (Wildman–Crippen LogP) is 4.37. The predicted molar refractivity (Wildman–Crippen MR) is 78.0 cm³/mol. The molecule has 0 aromatic heterocycles. The second-order valence-electron chi connectivity index (χ2n) is 4.63. The Hall–Kier alpha value is -1.98. The molecular weight excluding hydrogens is 297 g/mol. The number of carbonyl (C=O) groups is 1. The van der Waals surface area contributed by atoms with Crippen LogP contribution in [0.15, 0.2) is 17.7 Å². The molecule has 0 fully saturated rings. The molecule has 1 aliphatic rings. The van der Waals surface area contributed by atoms with Gasteiger partial charge in [0.1, 0.15) is 5.75 Å². The molecule has 1 heterocycles. The first-order valence-corrected chi connectivity index (χ1v) is 7.05. The van der Waals surface area contributed by atoms with E-state index in [4.69, 9.17) is 9.84 Å². The van der Waals surface area contributed by atoms with Crippen molar-refractivity contribution in [2.24, 2.45) is 0 Å². The molecule has 0 spiro atoms. The Morgan fingerprint density at radius 3 is 2.36 bits per heavy atom. The van der Waals surface area contributed by atoms with Crippen LogP contribution in [-0.4, -0.2) is 23.4 Å². The minimum absolute atomic E-state index is 0.0922. The van der Waals surface area contributed by atoms with Crippen LogP contribution in [0.3, 0.4) is 0 Å². The van der Waals surface area contributed by atoms with Gasteiger partial charge in [-0.2, -0.15) is 13.2 Å². The smallest absolute Gasteiger partial charge is 0.430 e. The van der Waals surface area contributed by atoms with Crippen LogP contribution in [0.5, 0.6) is 5.75 Å². The van der Waals surface area contributed by atoms with E-state index in [2.05, 4.69) is 0 Å². The van der Waals surface area contributed by atoms with E-state index in [-0.39, 0.29) is 5.75 Å². The Kier molecular flexibility index (Phi) is 5.63. The van der Waals surface area contributed by atoms with E-state index >= 15 is 0 Å². The van der Waals surface area contributed by atoms with E-state index in [1.165, 1.54) is 0 Å². The summed E-state index contributed by atoms with van der Waals surface area (Å²) < 4.78 is 43.6. The molecule has 3 nitrogen and oxygen atoms in total. The highest BCUT2D eigenvalue weighted by molar-refractivity contribution is 5.95. The SMILES string of the molecule is CC.CCc1cc(C)c2c(c1)C=C(C(=O)O)C(C(F)(F)F)O2. The summed E-state index contributed by atoms with van der Waals surface area (Å²) in [5, 5.41) is 8.95. The molecule has 0 saturated heterocycles. The number of benzene rings is 1. The number of fused-ring (bicyclic) bond motifs is 1. The quantitative estimate of drug-likeness (QED) is 0.881. The number of aryl methyl sites for hydroxylation is 2. The second kappa shape index (κ2) is 6.85. The van der Waals surface area contributed by atoms with Crippen LogP contribution in [0.2, 0.25) is 0 Å². The van der Waals surface area contributed by atoms with Gasteiger partial charge in [0, 0.05) is 5.56 Å². The molecule has 0 amide bonds. The topological polar surface area (TPSA) is 46.5 Å². The van der Waals surface area contributed by atoms with E-state index in [1.54, 1.807) is 19.1 Å². The number of rotatable bonds is 2. The Morgan fingerprint density at radius 1 is 1.32 bits per heavy atom. The van der Waals surface area contributed by atoms with Crippen molar-refractivity contribution in [2.75, 3.05) is 0 Å². The molecule has 1 aromatic carbocycles. The van der Waals surface area contributed by atoms with Gasteiger partial charge in [-0.1, -0.05) is 26.8 Å². The van der Waals surface area contributed by atoms with E-state index in [1.807, 2.05) is 20.8 Å². The van der Waals surface area contributed by atoms with Gasteiger partial charge in [0.15, 0.2) is 0 Å². The van der Waals surface area contributed by atoms with Gasteiger partial charge in [-0.15, -0.1) is 0 Å². The first-order chi connectivity index (χ1) is 10.2. The standard InChI is InChI=1S/C14H13F3O3.C2H6/c1-3-8-4-7(2)11-9(5-8)6-10(13(18)19)12(20-11)14(15,16)17;1-2/h4-6,12H,3H2,1-2H3,(H,18,19);1-2H3. The highest BCUT2D eigenvalue weighted by Crippen LogP contribution is 2.39. The maximum Gasteiger partial charge on any atom is 0.430 e. The highest BCUT2D eigenvalue weighted by Gasteiger charge is 2.48. The van der Waals surface area contributed by atoms with Gasteiger partial charge in [0.05, 0.1) is 5.57 Å². The molecule has 0 aliphatic carbocycles. The van der Waals surface area contributed by atoms with Crippen molar-refractivity contribution < 1.29 is 27.8 Å². The first kappa shape index (κ1) is 18.1. The van der Waals surface area contributed by atoms with E-state index < -0.39 is 23.8 Å². The fourth-order valence-corrected chi connectivity index (χ4v) is 2.19. The molecule has 1 aromatic rings. The third-order valence-corrected chi connectivity index (χ3v) is 3.14. The number of ether oxygens (including phenoxy) is 1. The number of halogens is 3. The van der Waals surface area contributed by atoms with Crippen molar-refractivity contribution >= 4 is 12.0 Å². The molecule has 0 bridgehead atoms. The molecule has 1 aliphatic heterocycles. The minimum Gasteiger partial charge on any atom is -0.478 e. The molecule has 1 N–H and O–H groups in total. The summed E-state index contributed by atoms with van der Waals surface area (Å²) in [5.74, 6) is -1.54. The zero-order valence-electron chi connectivity index (χ0n) is 12.9. The molecule has 22 heavy (non-hydrogen) atoms. The van der Waals surface area contributed by atoms with Crippen LogP contribution >= 0.6 is 0 Å². The fourth-order valence-electron chi connectivity index (χ4n) is 2.19. The molecular formula is C16H19F3O3. The Labute approximate surface area is 127 Å². The van der Waals surface area contributed by atoms with Crippen LogP contribution in [0.4, 0.5) is 13.2 Å². The van der Waals surface area contributed by atoms with Crippen LogP contribution in [0, 0.1) is 6.92 Å². The van der Waals surface area contributed by atoms with Gasteiger partial charge in [-0.05, 0) is 36.6 Å². The van der Waals surface area contributed by atoms with Crippen molar-refractivity contribution in [1.29, 1.82) is 0 Å². The molecule has 1 unspecified atom stereocenters. The van der Waals surface area contributed by atoms with Crippen LogP contribution in [0.25, 0.3) is 6.08 Å². The fraction of sp³-hybridized carbons (Fsp3) is 0.438. The summed E-state index contributed by atoms with van der Waals surface area (Å²) in [7, 11) is 0. The van der Waals surface area contributed by atoms with Crippen LogP contribution in [0.1, 0.15) is 37.5 Å². The van der Waals surface area contributed by atoms with Gasteiger partial charge in [0.25, 0.3) is 0 Å². The number of aliphatic carboxylic acids is 1. The zero-order valence-corrected chi connectivity index (χ0v) is 12.9. The number of hydrogen-bond donors (Lipinski definition) is 1. The lowest BCUT2D eigenvalue weighted by Crippen LogP contribution is -2.40. The molecule has 1 atom stereocenters. The van der Waals surface area contributed by atoms with Crippen molar-refractivity contribution in [3.63, 3.8) is 0 Å². The Bertz CT molecular complexity index is 589. The van der Waals surface area contributed by atoms with E-state index in [9.17, 15) is 18.0 Å². The van der Waals surface area contributed by atoms with E-state index in [0.717, 1.165) is 11.6 Å². The third-order valence-electron chi connectivity index (χ3n) is 3.14. The maximum atomic E-state index is 12.9. The summed E-state index contributed by atoms with van der Waals surface area (Å²) in [5.41, 5.74) is 1.06. The van der Waals surface area contributed by atoms with Gasteiger partial charge < -0.3 is 9.84 Å². The molecule has 122 valence electrons. The minimum atomic E-state index is -4.77. The average molecular weight is 316 g/mol. The van der Waals surface area contributed by atoms with Crippen molar-refractivity contribution in [3.8, 4) is 5.75 Å². The lowest BCUT2D eigenvalue weighted by atomic mass is 9.96. The van der Waals surface area contributed by atoms with Crippen LogP contribution < -0.4 is 4.74 Å². The van der Waals surface area contributed by atoms with Crippen molar-refractivity contribution in [3.05, 3.63) is 34.4 Å². The Morgan fingerprint density at radius 2 is 1.91 bits per heavy atom. The first-order valence-electron chi connectivity index (χ1n) is 7.05. The summed E-state index contributed by atoms with van der Waals surface area (Å²) >= 11 is 0. The number of alkyl halides is 3. The average Bonchev–Trinajstić information content (AvgIpc) is 2.46. The van der Waals surface area contributed by atoms with Gasteiger partial charge in [0.2, 0.25) is 6.10 Å². The number of carboxylic acids is 1. The lowest BCUT2D eigenvalue weighted by Gasteiger charge is -2.28. The Balaban J connectivity index is 0.00000116. The van der Waals surface area contributed by atoms with Crippen molar-refractivity contribution in [2.45, 2.75) is 46.4 Å². The summed E-state index contributed by atoms with van der Waals surface area (Å²) in [6, 6.07) is 3.39. The third kappa shape index (κ3) is 3.61.